The number of rotatable bonds is 3. The van der Waals surface area contributed by atoms with Crippen LogP contribution in [-0.2, 0) is 19.5 Å². The van der Waals surface area contributed by atoms with Crippen LogP contribution in [0.4, 0.5) is 0 Å². The largest absolute Gasteiger partial charge is 0.506 e. The van der Waals surface area contributed by atoms with Gasteiger partial charge >= 0.3 is 0 Å². The van der Waals surface area contributed by atoms with E-state index in [1.165, 1.54) is 6.33 Å². The smallest absolute Gasteiger partial charge is 0.255 e. The van der Waals surface area contributed by atoms with Gasteiger partial charge in [0.15, 0.2) is 0 Å². The minimum Gasteiger partial charge on any atom is -0.506 e. The molecule has 0 saturated carbocycles. The first-order valence-electron chi connectivity index (χ1n) is 8.18. The number of nitrogens with zero attached hydrogens (tertiary/aromatic N) is 4. The molecule has 0 saturated heterocycles. The summed E-state index contributed by atoms with van der Waals surface area (Å²) in [6.45, 7) is 1.79. The minimum absolute atomic E-state index is 0.0656. The third-order valence-corrected chi connectivity index (χ3v) is 4.87. The van der Waals surface area contributed by atoms with Gasteiger partial charge in [-0.05, 0) is 11.6 Å². The topological polar surface area (TPSA) is 95.0 Å². The monoisotopic (exact) mass is 369 g/mol. The van der Waals surface area contributed by atoms with E-state index in [9.17, 15) is 9.90 Å². The first-order chi connectivity index (χ1) is 12.6. The van der Waals surface area contributed by atoms with Gasteiger partial charge in [0, 0.05) is 38.4 Å². The van der Waals surface area contributed by atoms with Crippen molar-refractivity contribution in [2.24, 2.45) is 0 Å². The fourth-order valence-electron chi connectivity index (χ4n) is 3.10. The molecule has 3 aromatic rings. The molecule has 2 aromatic heterocycles. The maximum Gasteiger partial charge on any atom is 0.255 e. The maximum absolute atomic E-state index is 12.5. The highest BCUT2D eigenvalue weighted by molar-refractivity contribution is 6.32. The van der Waals surface area contributed by atoms with Gasteiger partial charge in [0.05, 0.1) is 21.8 Å². The lowest BCUT2D eigenvalue weighted by molar-refractivity contribution is 0.241. The van der Waals surface area contributed by atoms with E-state index in [2.05, 4.69) is 24.8 Å². The molecule has 26 heavy (non-hydrogen) atoms. The highest BCUT2D eigenvalue weighted by Crippen LogP contribution is 2.28. The van der Waals surface area contributed by atoms with Gasteiger partial charge in [-0.2, -0.15) is 0 Å². The van der Waals surface area contributed by atoms with Crippen LogP contribution in [-0.4, -0.2) is 36.5 Å². The van der Waals surface area contributed by atoms with Crippen molar-refractivity contribution in [3.05, 3.63) is 69.1 Å². The Bertz CT molecular complexity index is 1010. The molecule has 0 atom stereocenters. The zero-order valence-corrected chi connectivity index (χ0v) is 14.6. The number of benzene rings is 1. The molecule has 1 aliphatic rings. The SMILES string of the molecule is O=c1[nH]c(-c2cncnc2)nc2c1CN(Cc1cccc(O)c1Cl)CC2. The highest BCUT2D eigenvalue weighted by atomic mass is 35.5. The Hall–Kier alpha value is -2.77. The van der Waals surface area contributed by atoms with Crippen LogP contribution in [0, 0.1) is 0 Å². The van der Waals surface area contributed by atoms with Crippen LogP contribution in [0.25, 0.3) is 11.4 Å². The third kappa shape index (κ3) is 3.18. The predicted octanol–water partition coefficient (Wildman–Crippen LogP) is 2.14. The summed E-state index contributed by atoms with van der Waals surface area (Å²) in [5.41, 5.74) is 2.82. The van der Waals surface area contributed by atoms with E-state index in [4.69, 9.17) is 11.6 Å². The molecule has 1 aliphatic heterocycles. The molecule has 132 valence electrons. The summed E-state index contributed by atoms with van der Waals surface area (Å²) in [6.07, 6.45) is 5.34. The number of H-pyrrole nitrogens is 1. The van der Waals surface area contributed by atoms with Crippen LogP contribution in [0.15, 0.2) is 41.7 Å². The summed E-state index contributed by atoms with van der Waals surface area (Å²) in [6, 6.07) is 5.19. The van der Waals surface area contributed by atoms with Crippen molar-refractivity contribution in [3.8, 4) is 17.1 Å². The number of aromatic hydroxyl groups is 1. The van der Waals surface area contributed by atoms with E-state index in [-0.39, 0.29) is 11.3 Å². The molecule has 4 rings (SSSR count). The van der Waals surface area contributed by atoms with Crippen molar-refractivity contribution in [2.75, 3.05) is 6.54 Å². The molecule has 0 radical (unpaired) electrons. The van der Waals surface area contributed by atoms with Gasteiger partial charge in [0.1, 0.15) is 17.9 Å². The minimum atomic E-state index is -0.152. The first-order valence-corrected chi connectivity index (χ1v) is 8.56. The van der Waals surface area contributed by atoms with Crippen molar-refractivity contribution >= 4 is 11.6 Å². The molecular weight excluding hydrogens is 354 g/mol. The molecule has 8 heteroatoms. The summed E-state index contributed by atoms with van der Waals surface area (Å²) >= 11 is 6.16. The van der Waals surface area contributed by atoms with Crippen LogP contribution < -0.4 is 5.56 Å². The second kappa shape index (κ2) is 6.86. The van der Waals surface area contributed by atoms with Crippen molar-refractivity contribution in [2.45, 2.75) is 19.5 Å². The van der Waals surface area contributed by atoms with Crippen molar-refractivity contribution < 1.29 is 5.11 Å². The second-order valence-corrected chi connectivity index (χ2v) is 6.56. The van der Waals surface area contributed by atoms with E-state index in [0.717, 1.165) is 17.8 Å². The molecule has 0 bridgehead atoms. The van der Waals surface area contributed by atoms with Gasteiger partial charge in [0.25, 0.3) is 5.56 Å². The number of phenols is 1. The fraction of sp³-hybridized carbons (Fsp3) is 0.222. The molecule has 3 heterocycles. The van der Waals surface area contributed by atoms with Crippen LogP contribution in [0.1, 0.15) is 16.8 Å². The van der Waals surface area contributed by atoms with Gasteiger partial charge in [-0.25, -0.2) is 15.0 Å². The zero-order valence-electron chi connectivity index (χ0n) is 13.8. The number of hydrogen-bond acceptors (Lipinski definition) is 6. The quantitative estimate of drug-likeness (QED) is 0.734. The van der Waals surface area contributed by atoms with Crippen LogP contribution in [0.2, 0.25) is 5.02 Å². The molecule has 7 nitrogen and oxygen atoms in total. The van der Waals surface area contributed by atoms with Gasteiger partial charge in [-0.3, -0.25) is 9.69 Å². The van der Waals surface area contributed by atoms with Crippen LogP contribution in [0.3, 0.4) is 0 Å². The standard InChI is InChI=1S/C18H16ClN5O2/c19-16-11(2-1-3-15(16)25)8-24-5-4-14-13(9-24)18(26)23-17(22-14)12-6-20-10-21-7-12/h1-3,6-7,10,25H,4-5,8-9H2,(H,22,23,26). The Morgan fingerprint density at radius 1 is 1.27 bits per heavy atom. The third-order valence-electron chi connectivity index (χ3n) is 4.43. The van der Waals surface area contributed by atoms with Crippen molar-refractivity contribution in [1.29, 1.82) is 0 Å². The normalized spacial score (nSPS) is 14.2. The molecule has 0 fully saturated rings. The molecular formula is C18H16ClN5O2. The Kier molecular flexibility index (Phi) is 4.40. The lowest BCUT2D eigenvalue weighted by atomic mass is 10.1. The Morgan fingerprint density at radius 3 is 2.88 bits per heavy atom. The van der Waals surface area contributed by atoms with E-state index >= 15 is 0 Å². The maximum atomic E-state index is 12.5. The molecule has 0 amide bonds. The summed E-state index contributed by atoms with van der Waals surface area (Å²) in [4.78, 5) is 30.0. The number of phenolic OH excluding ortho intramolecular Hbond substituents is 1. The zero-order chi connectivity index (χ0) is 18.1. The fourth-order valence-corrected chi connectivity index (χ4v) is 3.29. The van der Waals surface area contributed by atoms with Gasteiger partial charge in [0.2, 0.25) is 0 Å². The summed E-state index contributed by atoms with van der Waals surface area (Å²) in [5, 5.41) is 10.1. The van der Waals surface area contributed by atoms with Crippen LogP contribution in [0.5, 0.6) is 5.75 Å². The van der Waals surface area contributed by atoms with Gasteiger partial charge in [-0.1, -0.05) is 23.7 Å². The van der Waals surface area contributed by atoms with E-state index < -0.39 is 0 Å². The number of fused-ring (bicyclic) bond motifs is 1. The molecule has 0 unspecified atom stereocenters. The second-order valence-electron chi connectivity index (χ2n) is 6.18. The predicted molar refractivity (Wildman–Crippen MR) is 96.8 cm³/mol. The average molecular weight is 370 g/mol. The molecule has 2 N–H and O–H groups in total. The lowest BCUT2D eigenvalue weighted by Gasteiger charge is -2.28. The molecule has 0 aliphatic carbocycles. The Morgan fingerprint density at radius 2 is 2.08 bits per heavy atom. The average Bonchev–Trinajstić information content (AvgIpc) is 2.66. The van der Waals surface area contributed by atoms with Crippen molar-refractivity contribution in [1.82, 2.24) is 24.8 Å². The number of halogens is 1. The summed E-state index contributed by atoms with van der Waals surface area (Å²) in [7, 11) is 0. The number of hydrogen-bond donors (Lipinski definition) is 2. The van der Waals surface area contributed by atoms with E-state index in [0.29, 0.717) is 41.5 Å². The number of aromatic amines is 1. The van der Waals surface area contributed by atoms with E-state index in [1.54, 1.807) is 24.5 Å². The molecule has 0 spiro atoms. The molecule has 1 aromatic carbocycles. The first kappa shape index (κ1) is 16.7. The summed E-state index contributed by atoms with van der Waals surface area (Å²) in [5.74, 6) is 0.551. The Labute approximate surface area is 154 Å². The Balaban J connectivity index is 1.60. The number of nitrogens with one attached hydrogen (secondary N) is 1. The van der Waals surface area contributed by atoms with Crippen LogP contribution >= 0.6 is 11.6 Å². The van der Waals surface area contributed by atoms with E-state index in [1.807, 2.05) is 6.07 Å². The van der Waals surface area contributed by atoms with Gasteiger partial charge < -0.3 is 10.1 Å². The van der Waals surface area contributed by atoms with Gasteiger partial charge in [-0.15, -0.1) is 0 Å². The number of aromatic nitrogens is 4. The van der Waals surface area contributed by atoms with Crippen molar-refractivity contribution in [3.63, 3.8) is 0 Å². The summed E-state index contributed by atoms with van der Waals surface area (Å²) < 4.78 is 0. The lowest BCUT2D eigenvalue weighted by Crippen LogP contribution is -2.35. The highest BCUT2D eigenvalue weighted by Gasteiger charge is 2.22.